The largest absolute Gasteiger partial charge is 0.504 e. The van der Waals surface area contributed by atoms with Crippen LogP contribution in [0.2, 0.25) is 0 Å². The van der Waals surface area contributed by atoms with Gasteiger partial charge in [0.1, 0.15) is 0 Å². The van der Waals surface area contributed by atoms with Gasteiger partial charge in [-0.1, -0.05) is 6.07 Å². The van der Waals surface area contributed by atoms with Crippen molar-refractivity contribution in [1.82, 2.24) is 5.43 Å². The molecule has 0 saturated carbocycles. The lowest BCUT2D eigenvalue weighted by Gasteiger charge is -2.15. The molecule has 0 radical (unpaired) electrons. The van der Waals surface area contributed by atoms with Crippen LogP contribution < -0.4 is 10.4 Å². The number of rotatable bonds is 6. The van der Waals surface area contributed by atoms with Crippen LogP contribution in [0.25, 0.3) is 0 Å². The molecule has 1 aromatic rings. The molecule has 5 N–H and O–H groups in total. The van der Waals surface area contributed by atoms with Crippen molar-refractivity contribution in [3.8, 4) is 11.5 Å². The summed E-state index contributed by atoms with van der Waals surface area (Å²) in [6.45, 7) is 3.11. The summed E-state index contributed by atoms with van der Waals surface area (Å²) >= 11 is 0. The molecule has 0 saturated heterocycles. The SMILES string of the molecule is C[C@@H](O)CN[NH+](C)CCc1ccc(O)c(O)c1. The molecule has 1 rings (SSSR count). The van der Waals surface area contributed by atoms with Crippen LogP contribution in [0.5, 0.6) is 11.5 Å². The van der Waals surface area contributed by atoms with Crippen molar-refractivity contribution in [1.29, 1.82) is 0 Å². The van der Waals surface area contributed by atoms with E-state index in [0.29, 0.717) is 6.54 Å². The first-order valence-electron chi connectivity index (χ1n) is 5.74. The van der Waals surface area contributed by atoms with Gasteiger partial charge in [0.15, 0.2) is 11.5 Å². The minimum atomic E-state index is -0.359. The van der Waals surface area contributed by atoms with Gasteiger partial charge in [-0.2, -0.15) is 5.43 Å². The molecule has 0 aliphatic heterocycles. The summed E-state index contributed by atoms with van der Waals surface area (Å²) in [5.74, 6) is -0.182. The minimum Gasteiger partial charge on any atom is -0.504 e. The highest BCUT2D eigenvalue weighted by Gasteiger charge is 2.06. The summed E-state index contributed by atoms with van der Waals surface area (Å²) in [6, 6.07) is 4.84. The van der Waals surface area contributed by atoms with E-state index >= 15 is 0 Å². The molecule has 0 amide bonds. The monoisotopic (exact) mass is 241 g/mol. The summed E-state index contributed by atoms with van der Waals surface area (Å²) in [6.07, 6.45) is 0.426. The summed E-state index contributed by atoms with van der Waals surface area (Å²) in [5, 5.41) is 28.7. The van der Waals surface area contributed by atoms with Crippen molar-refractivity contribution in [2.45, 2.75) is 19.4 Å². The predicted octanol–water partition coefficient (Wildman–Crippen LogP) is -0.960. The van der Waals surface area contributed by atoms with Gasteiger partial charge >= 0.3 is 0 Å². The minimum absolute atomic E-state index is 0.0860. The van der Waals surface area contributed by atoms with Gasteiger partial charge in [-0.3, -0.25) is 5.01 Å². The Balaban J connectivity index is 2.36. The number of aliphatic hydroxyl groups is 1. The van der Waals surface area contributed by atoms with E-state index in [2.05, 4.69) is 5.43 Å². The second-order valence-electron chi connectivity index (χ2n) is 4.33. The van der Waals surface area contributed by atoms with Crippen LogP contribution in [0.3, 0.4) is 0 Å². The number of quaternary nitrogens is 1. The maximum atomic E-state index is 9.34. The number of nitrogens with one attached hydrogen (secondary N) is 2. The summed E-state index contributed by atoms with van der Waals surface area (Å²) in [7, 11) is 1.97. The Morgan fingerprint density at radius 3 is 2.59 bits per heavy atom. The highest BCUT2D eigenvalue weighted by molar-refractivity contribution is 5.40. The smallest absolute Gasteiger partial charge is 0.157 e. The molecule has 17 heavy (non-hydrogen) atoms. The van der Waals surface area contributed by atoms with Gasteiger partial charge in [-0.05, 0) is 24.6 Å². The fraction of sp³-hybridized carbons (Fsp3) is 0.500. The molecular formula is C12H21N2O3+. The highest BCUT2D eigenvalue weighted by atomic mass is 16.3. The second-order valence-corrected chi connectivity index (χ2v) is 4.33. The number of phenolic OH excluding ortho intramolecular Hbond substituents is 2. The quantitative estimate of drug-likeness (QED) is 0.328. The number of phenols is 2. The third-order valence-electron chi connectivity index (χ3n) is 2.53. The Bertz CT molecular complexity index is 356. The molecule has 1 aromatic carbocycles. The zero-order chi connectivity index (χ0) is 12.8. The average molecular weight is 241 g/mol. The van der Waals surface area contributed by atoms with E-state index in [1.807, 2.05) is 7.05 Å². The maximum Gasteiger partial charge on any atom is 0.157 e. The third kappa shape index (κ3) is 5.04. The number of aromatic hydroxyl groups is 2. The Morgan fingerprint density at radius 1 is 1.29 bits per heavy atom. The van der Waals surface area contributed by atoms with Gasteiger partial charge in [0.25, 0.3) is 0 Å². The van der Waals surface area contributed by atoms with Crippen LogP contribution in [-0.2, 0) is 6.42 Å². The van der Waals surface area contributed by atoms with Crippen molar-refractivity contribution in [3.63, 3.8) is 0 Å². The molecule has 0 heterocycles. The molecular weight excluding hydrogens is 220 g/mol. The first-order valence-corrected chi connectivity index (χ1v) is 5.74. The molecule has 5 heteroatoms. The Labute approximate surface area is 101 Å². The van der Waals surface area contributed by atoms with Gasteiger partial charge in [0.05, 0.1) is 26.2 Å². The van der Waals surface area contributed by atoms with E-state index in [4.69, 9.17) is 5.11 Å². The zero-order valence-corrected chi connectivity index (χ0v) is 10.3. The van der Waals surface area contributed by atoms with Gasteiger partial charge in [-0.15, -0.1) is 0 Å². The van der Waals surface area contributed by atoms with E-state index in [1.165, 1.54) is 6.07 Å². The third-order valence-corrected chi connectivity index (χ3v) is 2.53. The lowest BCUT2D eigenvalue weighted by Crippen LogP contribution is -3.16. The van der Waals surface area contributed by atoms with E-state index in [0.717, 1.165) is 23.5 Å². The molecule has 0 aromatic heterocycles. The van der Waals surface area contributed by atoms with Crippen molar-refractivity contribution in [2.75, 3.05) is 20.1 Å². The fourth-order valence-corrected chi connectivity index (χ4v) is 1.47. The zero-order valence-electron chi connectivity index (χ0n) is 10.3. The normalized spacial score (nSPS) is 14.5. The van der Waals surface area contributed by atoms with Gasteiger partial charge in [0.2, 0.25) is 0 Å². The van der Waals surface area contributed by atoms with Crippen LogP contribution in [0.4, 0.5) is 0 Å². The van der Waals surface area contributed by atoms with Crippen LogP contribution in [0, 0.1) is 0 Å². The number of aliphatic hydroxyl groups excluding tert-OH is 1. The lowest BCUT2D eigenvalue weighted by molar-refractivity contribution is -0.926. The molecule has 96 valence electrons. The van der Waals surface area contributed by atoms with Crippen molar-refractivity contribution in [2.24, 2.45) is 0 Å². The van der Waals surface area contributed by atoms with Gasteiger partial charge in [0, 0.05) is 6.42 Å². The molecule has 1 unspecified atom stereocenters. The molecule has 2 atom stereocenters. The number of benzene rings is 1. The first kappa shape index (κ1) is 13.8. The average Bonchev–Trinajstić information content (AvgIpc) is 2.28. The van der Waals surface area contributed by atoms with E-state index in [9.17, 15) is 10.2 Å². The number of likely N-dealkylation sites (N-methyl/N-ethyl adjacent to an activating group) is 1. The first-order chi connectivity index (χ1) is 7.99. The number of hydrogen-bond donors (Lipinski definition) is 5. The Morgan fingerprint density at radius 2 is 2.00 bits per heavy atom. The maximum absolute atomic E-state index is 9.34. The highest BCUT2D eigenvalue weighted by Crippen LogP contribution is 2.24. The molecule has 0 fully saturated rings. The summed E-state index contributed by atoms with van der Waals surface area (Å²) in [5.41, 5.74) is 4.10. The molecule has 0 aliphatic rings. The van der Waals surface area contributed by atoms with Crippen LogP contribution in [0.1, 0.15) is 12.5 Å². The lowest BCUT2D eigenvalue weighted by atomic mass is 10.1. The fourth-order valence-electron chi connectivity index (χ4n) is 1.47. The van der Waals surface area contributed by atoms with Crippen LogP contribution in [-0.4, -0.2) is 41.6 Å². The molecule has 5 nitrogen and oxygen atoms in total. The van der Waals surface area contributed by atoms with Crippen LogP contribution >= 0.6 is 0 Å². The van der Waals surface area contributed by atoms with Crippen LogP contribution in [0.15, 0.2) is 18.2 Å². The summed E-state index contributed by atoms with van der Waals surface area (Å²) < 4.78 is 0. The Kier molecular flexibility index (Phi) is 5.21. The van der Waals surface area contributed by atoms with Crippen molar-refractivity contribution < 1.29 is 20.3 Å². The van der Waals surface area contributed by atoms with Gasteiger partial charge < -0.3 is 15.3 Å². The van der Waals surface area contributed by atoms with E-state index in [-0.39, 0.29) is 17.6 Å². The molecule has 0 bridgehead atoms. The van der Waals surface area contributed by atoms with Crippen molar-refractivity contribution in [3.05, 3.63) is 23.8 Å². The topological polar surface area (TPSA) is 77.2 Å². The van der Waals surface area contributed by atoms with E-state index in [1.54, 1.807) is 19.1 Å². The summed E-state index contributed by atoms with van der Waals surface area (Å²) in [4.78, 5) is 0. The molecule has 0 spiro atoms. The van der Waals surface area contributed by atoms with Crippen molar-refractivity contribution >= 4 is 0 Å². The predicted molar refractivity (Wildman–Crippen MR) is 64.9 cm³/mol. The standard InChI is InChI=1S/C12H20N2O3/c1-9(15)8-13-14(2)6-5-10-3-4-11(16)12(17)7-10/h3-4,7,9,13,15-17H,5-6,8H2,1-2H3/p+1/t9-/m1/s1. The Hall–Kier alpha value is -1.30. The van der Waals surface area contributed by atoms with E-state index < -0.39 is 0 Å². The number of hydrogen-bond acceptors (Lipinski definition) is 4. The second kappa shape index (κ2) is 6.44. The van der Waals surface area contributed by atoms with Gasteiger partial charge in [-0.25, -0.2) is 0 Å². The molecule has 0 aliphatic carbocycles.